The van der Waals surface area contributed by atoms with Crippen LogP contribution in [0.15, 0.2) is 18.3 Å². The molecule has 13 heavy (non-hydrogen) atoms. The van der Waals surface area contributed by atoms with Crippen molar-refractivity contribution < 1.29 is 9.63 Å². The van der Waals surface area contributed by atoms with E-state index in [0.29, 0.717) is 12.3 Å². The highest BCUT2D eigenvalue weighted by atomic mass is 16.6. The molecule has 1 heterocycles. The molecule has 5 heteroatoms. The summed E-state index contributed by atoms with van der Waals surface area (Å²) in [6.45, 7) is 2.19. The lowest BCUT2D eigenvalue weighted by molar-refractivity contribution is 0.0360. The average Bonchev–Trinajstić information content (AvgIpc) is 2.15. The normalized spacial score (nSPS) is 9.62. The maximum Gasteiger partial charge on any atom is 0.293 e. The molecule has 0 saturated heterocycles. The van der Waals surface area contributed by atoms with Crippen LogP contribution in [0.25, 0.3) is 0 Å². The number of hydroxylamine groups is 1. The van der Waals surface area contributed by atoms with E-state index in [-0.39, 0.29) is 11.6 Å². The molecule has 0 aromatic carbocycles. The molecule has 70 valence electrons. The first kappa shape index (κ1) is 9.47. The van der Waals surface area contributed by atoms with Crippen molar-refractivity contribution in [2.45, 2.75) is 6.92 Å². The summed E-state index contributed by atoms with van der Waals surface area (Å²) >= 11 is 0. The lowest BCUT2D eigenvalue weighted by atomic mass is 10.3. The number of carbonyl (C=O) groups excluding carboxylic acids is 1. The van der Waals surface area contributed by atoms with Crippen LogP contribution in [0.2, 0.25) is 0 Å². The topological polar surface area (TPSA) is 77.2 Å². The van der Waals surface area contributed by atoms with Gasteiger partial charge in [-0.15, -0.1) is 0 Å². The molecule has 1 aromatic rings. The van der Waals surface area contributed by atoms with E-state index in [9.17, 15) is 4.79 Å². The largest absolute Gasteiger partial charge is 0.397 e. The molecule has 1 amide bonds. The second-order valence-corrected chi connectivity index (χ2v) is 2.34. The van der Waals surface area contributed by atoms with Crippen LogP contribution in [0, 0.1) is 0 Å². The average molecular weight is 181 g/mol. The fraction of sp³-hybridized carbons (Fsp3) is 0.250. The van der Waals surface area contributed by atoms with Gasteiger partial charge in [0.2, 0.25) is 0 Å². The Labute approximate surface area is 75.9 Å². The first-order valence-electron chi connectivity index (χ1n) is 3.87. The quantitative estimate of drug-likeness (QED) is 0.659. The molecule has 0 saturated carbocycles. The minimum Gasteiger partial charge on any atom is -0.397 e. The van der Waals surface area contributed by atoms with Crippen LogP contribution < -0.4 is 11.2 Å². The molecular formula is C8H11N3O2. The molecule has 0 spiro atoms. The minimum absolute atomic E-state index is 0.280. The molecule has 0 bridgehead atoms. The Hall–Kier alpha value is -1.62. The van der Waals surface area contributed by atoms with Crippen LogP contribution in [-0.2, 0) is 4.84 Å². The van der Waals surface area contributed by atoms with Gasteiger partial charge >= 0.3 is 0 Å². The number of carbonyl (C=O) groups is 1. The molecule has 0 aliphatic heterocycles. The van der Waals surface area contributed by atoms with Gasteiger partial charge in [-0.3, -0.25) is 9.63 Å². The summed E-state index contributed by atoms with van der Waals surface area (Å²) in [4.78, 5) is 19.7. The highest BCUT2D eigenvalue weighted by molar-refractivity contribution is 5.91. The first-order valence-corrected chi connectivity index (χ1v) is 3.87. The molecule has 3 N–H and O–H groups in total. The van der Waals surface area contributed by atoms with E-state index in [1.165, 1.54) is 12.3 Å². The molecule has 0 aliphatic rings. The maximum absolute atomic E-state index is 11.2. The van der Waals surface area contributed by atoms with Crippen molar-refractivity contribution in [1.82, 2.24) is 10.5 Å². The molecule has 1 aromatic heterocycles. The molecule has 0 fully saturated rings. The van der Waals surface area contributed by atoms with E-state index in [1.54, 1.807) is 13.0 Å². The molecule has 0 unspecified atom stereocenters. The number of anilines is 1. The van der Waals surface area contributed by atoms with Crippen molar-refractivity contribution in [3.05, 3.63) is 24.0 Å². The van der Waals surface area contributed by atoms with Gasteiger partial charge in [-0.05, 0) is 19.1 Å². The third kappa shape index (κ3) is 2.72. The van der Waals surface area contributed by atoms with E-state index in [0.717, 1.165) is 0 Å². The number of amides is 1. The van der Waals surface area contributed by atoms with Gasteiger partial charge in [0.05, 0.1) is 18.5 Å². The summed E-state index contributed by atoms with van der Waals surface area (Å²) in [5.74, 6) is -0.373. The van der Waals surface area contributed by atoms with Crippen molar-refractivity contribution >= 4 is 11.6 Å². The van der Waals surface area contributed by atoms with Crippen LogP contribution in [0.3, 0.4) is 0 Å². The third-order valence-corrected chi connectivity index (χ3v) is 1.33. The second-order valence-electron chi connectivity index (χ2n) is 2.34. The Kier molecular flexibility index (Phi) is 3.22. The van der Waals surface area contributed by atoms with Crippen LogP contribution in [0.4, 0.5) is 5.69 Å². The zero-order valence-corrected chi connectivity index (χ0v) is 7.28. The maximum atomic E-state index is 11.2. The summed E-state index contributed by atoms with van der Waals surface area (Å²) in [5.41, 5.74) is 8.43. The Morgan fingerprint density at radius 1 is 1.69 bits per heavy atom. The summed E-state index contributed by atoms with van der Waals surface area (Å²) in [5, 5.41) is 0. The number of rotatable bonds is 3. The van der Waals surface area contributed by atoms with Gasteiger partial charge < -0.3 is 5.73 Å². The van der Waals surface area contributed by atoms with Crippen molar-refractivity contribution in [3.8, 4) is 0 Å². The van der Waals surface area contributed by atoms with Crippen LogP contribution in [-0.4, -0.2) is 17.5 Å². The van der Waals surface area contributed by atoms with Gasteiger partial charge in [0.25, 0.3) is 5.91 Å². The molecule has 1 rings (SSSR count). The van der Waals surface area contributed by atoms with E-state index in [1.807, 2.05) is 0 Å². The van der Waals surface area contributed by atoms with Crippen LogP contribution in [0.5, 0.6) is 0 Å². The number of nitrogens with zero attached hydrogens (tertiary/aromatic N) is 1. The summed E-state index contributed by atoms with van der Waals surface area (Å²) in [6, 6.07) is 3.14. The second kappa shape index (κ2) is 4.42. The van der Waals surface area contributed by atoms with E-state index in [4.69, 9.17) is 10.6 Å². The smallest absolute Gasteiger partial charge is 0.293 e. The Morgan fingerprint density at radius 3 is 3.00 bits per heavy atom. The zero-order chi connectivity index (χ0) is 9.68. The van der Waals surface area contributed by atoms with E-state index >= 15 is 0 Å². The SMILES string of the molecule is CCONC(=O)c1ccc(N)cn1. The van der Waals surface area contributed by atoms with Gasteiger partial charge in [-0.1, -0.05) is 0 Å². The lowest BCUT2D eigenvalue weighted by Gasteiger charge is -2.02. The number of hydrogen-bond donors (Lipinski definition) is 2. The fourth-order valence-corrected chi connectivity index (χ4v) is 0.730. The van der Waals surface area contributed by atoms with Crippen molar-refractivity contribution in [1.29, 1.82) is 0 Å². The minimum atomic E-state index is -0.373. The molecule has 0 aliphatic carbocycles. The van der Waals surface area contributed by atoms with E-state index in [2.05, 4.69) is 10.5 Å². The van der Waals surface area contributed by atoms with Gasteiger partial charge in [0.15, 0.2) is 0 Å². The molecule has 5 nitrogen and oxygen atoms in total. The predicted molar refractivity (Wildman–Crippen MR) is 47.7 cm³/mol. The number of aromatic nitrogens is 1. The predicted octanol–water partition coefficient (Wildman–Crippen LogP) is 0.345. The standard InChI is InChI=1S/C8H11N3O2/c1-2-13-11-8(12)7-4-3-6(9)5-10-7/h3-5H,2,9H2,1H3,(H,11,12). The molecular weight excluding hydrogens is 170 g/mol. The Bertz CT molecular complexity index is 284. The fourth-order valence-electron chi connectivity index (χ4n) is 0.730. The van der Waals surface area contributed by atoms with Gasteiger partial charge in [0, 0.05) is 0 Å². The van der Waals surface area contributed by atoms with Crippen molar-refractivity contribution in [2.75, 3.05) is 12.3 Å². The van der Waals surface area contributed by atoms with Crippen LogP contribution in [0.1, 0.15) is 17.4 Å². The zero-order valence-electron chi connectivity index (χ0n) is 7.28. The number of pyridine rings is 1. The van der Waals surface area contributed by atoms with Crippen molar-refractivity contribution in [3.63, 3.8) is 0 Å². The number of nitrogens with two attached hydrogens (primary N) is 1. The molecule has 0 radical (unpaired) electrons. The Morgan fingerprint density at radius 2 is 2.46 bits per heavy atom. The Balaban J connectivity index is 2.61. The summed E-state index contributed by atoms with van der Waals surface area (Å²) in [6.07, 6.45) is 1.42. The first-order chi connectivity index (χ1) is 6.24. The molecule has 0 atom stereocenters. The van der Waals surface area contributed by atoms with Gasteiger partial charge in [0.1, 0.15) is 5.69 Å². The number of hydrogen-bond acceptors (Lipinski definition) is 4. The lowest BCUT2D eigenvalue weighted by Crippen LogP contribution is -2.24. The van der Waals surface area contributed by atoms with E-state index < -0.39 is 0 Å². The number of nitrogens with one attached hydrogen (secondary N) is 1. The van der Waals surface area contributed by atoms with Gasteiger partial charge in [-0.2, -0.15) is 0 Å². The number of nitrogen functional groups attached to an aromatic ring is 1. The van der Waals surface area contributed by atoms with Crippen molar-refractivity contribution in [2.24, 2.45) is 0 Å². The van der Waals surface area contributed by atoms with Crippen LogP contribution >= 0.6 is 0 Å². The highest BCUT2D eigenvalue weighted by Crippen LogP contribution is 2.00. The highest BCUT2D eigenvalue weighted by Gasteiger charge is 2.05. The third-order valence-electron chi connectivity index (χ3n) is 1.33. The monoisotopic (exact) mass is 181 g/mol. The summed E-state index contributed by atoms with van der Waals surface area (Å²) < 4.78 is 0. The van der Waals surface area contributed by atoms with Gasteiger partial charge in [-0.25, -0.2) is 10.5 Å². The summed E-state index contributed by atoms with van der Waals surface area (Å²) in [7, 11) is 0.